The van der Waals surface area contributed by atoms with Crippen LogP contribution in [0.2, 0.25) is 5.02 Å². The molecular weight excluding hydrogens is 266 g/mol. The molecule has 0 amide bonds. The minimum atomic E-state index is 0.354. The molecule has 1 aromatic carbocycles. The van der Waals surface area contributed by atoms with Crippen LogP contribution in [0.1, 0.15) is 18.4 Å². The maximum Gasteiger partial charge on any atom is 0.186 e. The van der Waals surface area contributed by atoms with Crippen molar-refractivity contribution in [3.05, 3.63) is 22.7 Å². The van der Waals surface area contributed by atoms with Crippen molar-refractivity contribution >= 4 is 38.3 Å². The van der Waals surface area contributed by atoms with E-state index in [4.69, 9.17) is 22.3 Å². The smallest absolute Gasteiger partial charge is 0.186 e. The third kappa shape index (κ3) is 2.09. The van der Waals surface area contributed by atoms with E-state index in [1.165, 1.54) is 4.70 Å². The second-order valence-electron chi connectivity index (χ2n) is 4.84. The van der Waals surface area contributed by atoms with E-state index in [1.54, 1.807) is 11.3 Å². The number of nitrogens with two attached hydrogens (primary N) is 1. The maximum absolute atomic E-state index is 6.14. The second-order valence-corrected chi connectivity index (χ2v) is 6.26. The first-order valence-corrected chi connectivity index (χ1v) is 7.41. The van der Waals surface area contributed by atoms with Crippen molar-refractivity contribution in [1.82, 2.24) is 4.98 Å². The van der Waals surface area contributed by atoms with E-state index >= 15 is 0 Å². The van der Waals surface area contributed by atoms with Gasteiger partial charge in [-0.25, -0.2) is 4.98 Å². The van der Waals surface area contributed by atoms with E-state index in [1.807, 2.05) is 13.0 Å². The molecule has 2 heterocycles. The molecule has 2 aromatic rings. The monoisotopic (exact) mass is 281 g/mol. The van der Waals surface area contributed by atoms with Gasteiger partial charge in [0.05, 0.1) is 10.2 Å². The Hall–Kier alpha value is -0.840. The normalized spacial score (nSPS) is 17.6. The van der Waals surface area contributed by atoms with Crippen LogP contribution in [0.25, 0.3) is 10.2 Å². The highest BCUT2D eigenvalue weighted by Crippen LogP contribution is 2.34. The summed E-state index contributed by atoms with van der Waals surface area (Å²) in [6.07, 6.45) is 2.10. The SMILES string of the molecule is Cc1c(Cl)ccc2sc(N3CCC(N)CC3)nc12. The Labute approximate surface area is 116 Å². The highest BCUT2D eigenvalue weighted by atomic mass is 35.5. The lowest BCUT2D eigenvalue weighted by Gasteiger charge is -2.29. The molecule has 1 aliphatic heterocycles. The van der Waals surface area contributed by atoms with Crippen LogP contribution < -0.4 is 10.6 Å². The lowest BCUT2D eigenvalue weighted by molar-refractivity contribution is 0.501. The predicted molar refractivity (Wildman–Crippen MR) is 78.8 cm³/mol. The number of halogens is 1. The number of hydrogen-bond acceptors (Lipinski definition) is 4. The zero-order chi connectivity index (χ0) is 12.7. The van der Waals surface area contributed by atoms with Crippen molar-refractivity contribution in [2.75, 3.05) is 18.0 Å². The van der Waals surface area contributed by atoms with E-state index in [0.29, 0.717) is 6.04 Å². The Kier molecular flexibility index (Phi) is 3.18. The largest absolute Gasteiger partial charge is 0.348 e. The van der Waals surface area contributed by atoms with Crippen molar-refractivity contribution in [3.63, 3.8) is 0 Å². The van der Waals surface area contributed by atoms with E-state index in [2.05, 4.69) is 11.0 Å². The number of benzene rings is 1. The number of hydrogen-bond donors (Lipinski definition) is 1. The first-order chi connectivity index (χ1) is 8.65. The number of rotatable bonds is 1. The van der Waals surface area contributed by atoms with Crippen LogP contribution in [0.4, 0.5) is 5.13 Å². The molecule has 0 bridgehead atoms. The van der Waals surface area contributed by atoms with Gasteiger partial charge in [-0.3, -0.25) is 0 Å². The summed E-state index contributed by atoms with van der Waals surface area (Å²) < 4.78 is 1.21. The van der Waals surface area contributed by atoms with Crippen LogP contribution in [0.3, 0.4) is 0 Å². The van der Waals surface area contributed by atoms with Gasteiger partial charge in [-0.15, -0.1) is 0 Å². The lowest BCUT2D eigenvalue weighted by Crippen LogP contribution is -2.39. The third-order valence-electron chi connectivity index (χ3n) is 3.55. The molecule has 18 heavy (non-hydrogen) atoms. The van der Waals surface area contributed by atoms with Gasteiger partial charge in [0.1, 0.15) is 0 Å². The van der Waals surface area contributed by atoms with Crippen molar-refractivity contribution in [2.24, 2.45) is 5.73 Å². The summed E-state index contributed by atoms with van der Waals surface area (Å²) in [5, 5.41) is 1.89. The number of nitrogens with zero attached hydrogens (tertiary/aromatic N) is 2. The highest BCUT2D eigenvalue weighted by Gasteiger charge is 2.19. The molecule has 3 rings (SSSR count). The predicted octanol–water partition coefficient (Wildman–Crippen LogP) is 3.19. The first-order valence-electron chi connectivity index (χ1n) is 6.21. The average Bonchev–Trinajstić information content (AvgIpc) is 2.80. The minimum absolute atomic E-state index is 0.354. The molecule has 0 aliphatic carbocycles. The number of thiazole rings is 1. The summed E-state index contributed by atoms with van der Waals surface area (Å²) in [4.78, 5) is 7.08. The van der Waals surface area contributed by atoms with E-state index in [0.717, 1.165) is 47.2 Å². The van der Waals surface area contributed by atoms with Gasteiger partial charge < -0.3 is 10.6 Å². The number of aromatic nitrogens is 1. The van der Waals surface area contributed by atoms with Crippen molar-refractivity contribution < 1.29 is 0 Å². The van der Waals surface area contributed by atoms with Crippen LogP contribution in [0, 0.1) is 6.92 Å². The van der Waals surface area contributed by atoms with Gasteiger partial charge >= 0.3 is 0 Å². The lowest BCUT2D eigenvalue weighted by atomic mass is 10.1. The second kappa shape index (κ2) is 4.68. The maximum atomic E-state index is 6.14. The molecule has 1 aromatic heterocycles. The number of anilines is 1. The summed E-state index contributed by atoms with van der Waals surface area (Å²) in [6.45, 7) is 4.04. The molecule has 0 unspecified atom stereocenters. The molecule has 0 atom stereocenters. The van der Waals surface area contributed by atoms with Gasteiger partial charge in [-0.05, 0) is 37.5 Å². The molecule has 5 heteroatoms. The molecule has 96 valence electrons. The average molecular weight is 282 g/mol. The third-order valence-corrected chi connectivity index (χ3v) is 5.04. The van der Waals surface area contributed by atoms with Crippen molar-refractivity contribution in [3.8, 4) is 0 Å². The summed E-state index contributed by atoms with van der Waals surface area (Å²) in [5.41, 5.74) is 8.05. The van der Waals surface area contributed by atoms with Crippen LogP contribution in [0.5, 0.6) is 0 Å². The van der Waals surface area contributed by atoms with Gasteiger partial charge in [0.25, 0.3) is 0 Å². The van der Waals surface area contributed by atoms with Gasteiger partial charge in [-0.2, -0.15) is 0 Å². The minimum Gasteiger partial charge on any atom is -0.348 e. The summed E-state index contributed by atoms with van der Waals surface area (Å²) >= 11 is 7.88. The zero-order valence-electron chi connectivity index (χ0n) is 10.3. The van der Waals surface area contributed by atoms with Crippen molar-refractivity contribution in [2.45, 2.75) is 25.8 Å². The van der Waals surface area contributed by atoms with Gasteiger partial charge in [-0.1, -0.05) is 22.9 Å². The molecular formula is C13H16ClN3S. The van der Waals surface area contributed by atoms with Crippen LogP contribution in [-0.2, 0) is 0 Å². The first kappa shape index (κ1) is 12.2. The Morgan fingerprint density at radius 3 is 2.83 bits per heavy atom. The molecule has 0 radical (unpaired) electrons. The zero-order valence-corrected chi connectivity index (χ0v) is 11.9. The molecule has 0 saturated carbocycles. The fourth-order valence-corrected chi connectivity index (χ4v) is 3.54. The molecule has 1 fully saturated rings. The standard InChI is InChI=1S/C13H16ClN3S/c1-8-10(14)2-3-11-12(8)16-13(18-11)17-6-4-9(15)5-7-17/h2-3,9H,4-7,15H2,1H3. The Bertz CT molecular complexity index is 573. The van der Waals surface area contributed by atoms with E-state index in [9.17, 15) is 0 Å². The summed E-state index contributed by atoms with van der Waals surface area (Å²) in [5.74, 6) is 0. The van der Waals surface area contributed by atoms with Gasteiger partial charge in [0.15, 0.2) is 5.13 Å². The quantitative estimate of drug-likeness (QED) is 0.873. The van der Waals surface area contributed by atoms with E-state index in [-0.39, 0.29) is 0 Å². The molecule has 1 aliphatic rings. The molecule has 0 spiro atoms. The van der Waals surface area contributed by atoms with Crippen LogP contribution in [0.15, 0.2) is 12.1 Å². The molecule has 3 nitrogen and oxygen atoms in total. The van der Waals surface area contributed by atoms with Gasteiger partial charge in [0.2, 0.25) is 0 Å². The Balaban J connectivity index is 1.96. The number of piperidine rings is 1. The van der Waals surface area contributed by atoms with E-state index < -0.39 is 0 Å². The highest BCUT2D eigenvalue weighted by molar-refractivity contribution is 7.22. The molecule has 1 saturated heterocycles. The fraction of sp³-hybridized carbons (Fsp3) is 0.462. The summed E-state index contributed by atoms with van der Waals surface area (Å²) in [7, 11) is 0. The topological polar surface area (TPSA) is 42.1 Å². The van der Waals surface area contributed by atoms with Crippen LogP contribution >= 0.6 is 22.9 Å². The summed E-state index contributed by atoms with van der Waals surface area (Å²) in [6, 6.07) is 4.36. The number of fused-ring (bicyclic) bond motifs is 1. The molecule has 2 N–H and O–H groups in total. The van der Waals surface area contributed by atoms with Gasteiger partial charge in [0, 0.05) is 24.2 Å². The Morgan fingerprint density at radius 1 is 1.39 bits per heavy atom. The number of aryl methyl sites for hydroxylation is 1. The fourth-order valence-electron chi connectivity index (χ4n) is 2.31. The Morgan fingerprint density at radius 2 is 2.11 bits per heavy atom. The van der Waals surface area contributed by atoms with Crippen molar-refractivity contribution in [1.29, 1.82) is 0 Å². The van der Waals surface area contributed by atoms with Crippen LogP contribution in [-0.4, -0.2) is 24.1 Å².